The van der Waals surface area contributed by atoms with Crippen LogP contribution in [-0.2, 0) is 0 Å². The molecular weight excluding hydrogens is 284 g/mol. The summed E-state index contributed by atoms with van der Waals surface area (Å²) in [6.07, 6.45) is 13.9. The Morgan fingerprint density at radius 1 is 0.727 bits per heavy atom. The maximum Gasteiger partial charge on any atom is 0.231 e. The lowest BCUT2D eigenvalue weighted by Crippen LogP contribution is -2.72. The minimum atomic E-state index is -1.80. The minimum absolute atomic E-state index is 0.724. The predicted octanol–water partition coefficient (Wildman–Crippen LogP) is 3.81. The van der Waals surface area contributed by atoms with E-state index in [9.17, 15) is 0 Å². The highest BCUT2D eigenvalue weighted by Crippen LogP contribution is 2.21. The van der Waals surface area contributed by atoms with Crippen molar-refractivity contribution in [2.75, 3.05) is 0 Å². The predicted molar refractivity (Wildman–Crippen MR) is 97.7 cm³/mol. The average molecular weight is 317 g/mol. The smallest absolute Gasteiger partial charge is 0.231 e. The van der Waals surface area contributed by atoms with Crippen LogP contribution in [0.3, 0.4) is 0 Å². The maximum atomic E-state index is 4.12. The van der Waals surface area contributed by atoms with Crippen molar-refractivity contribution in [3.05, 3.63) is 30.3 Å². The van der Waals surface area contributed by atoms with Crippen LogP contribution in [0.15, 0.2) is 30.3 Å². The summed E-state index contributed by atoms with van der Waals surface area (Å²) in [7, 11) is -1.80. The monoisotopic (exact) mass is 316 g/mol. The molecule has 0 aliphatic heterocycles. The van der Waals surface area contributed by atoms with Gasteiger partial charge in [0.1, 0.15) is 0 Å². The van der Waals surface area contributed by atoms with Gasteiger partial charge in [-0.05, 0) is 37.4 Å². The molecule has 1 aromatic carbocycles. The third-order valence-electron chi connectivity index (χ3n) is 5.55. The van der Waals surface area contributed by atoms with Crippen molar-refractivity contribution in [1.29, 1.82) is 0 Å². The fraction of sp³-hybridized carbons (Fsp3) is 0.684. The van der Waals surface area contributed by atoms with Crippen molar-refractivity contribution in [3.8, 4) is 0 Å². The fourth-order valence-electron chi connectivity index (χ4n) is 4.29. The van der Waals surface area contributed by atoms with Gasteiger partial charge >= 0.3 is 0 Å². The molecule has 3 heteroatoms. The highest BCUT2D eigenvalue weighted by Gasteiger charge is 2.35. The molecule has 2 fully saturated rings. The third-order valence-corrected chi connectivity index (χ3v) is 9.01. The van der Waals surface area contributed by atoms with E-state index in [1.54, 1.807) is 0 Å². The lowest BCUT2D eigenvalue weighted by Gasteiger charge is -2.39. The summed E-state index contributed by atoms with van der Waals surface area (Å²) in [5.41, 5.74) is 0. The van der Waals surface area contributed by atoms with Crippen LogP contribution in [0, 0.1) is 0 Å². The molecule has 0 aromatic heterocycles. The number of rotatable bonds is 5. The van der Waals surface area contributed by atoms with Crippen molar-refractivity contribution in [2.24, 2.45) is 0 Å². The molecule has 0 bridgehead atoms. The van der Waals surface area contributed by atoms with Crippen LogP contribution in [0.1, 0.15) is 64.2 Å². The molecule has 122 valence electrons. The zero-order valence-electron chi connectivity index (χ0n) is 14.1. The third kappa shape index (κ3) is 4.21. The Morgan fingerprint density at radius 2 is 1.18 bits per heavy atom. The maximum absolute atomic E-state index is 4.12. The average Bonchev–Trinajstić information content (AvgIpc) is 2.57. The Hall–Kier alpha value is -0.643. The number of nitrogens with one attached hydrogen (secondary N) is 2. The van der Waals surface area contributed by atoms with E-state index in [4.69, 9.17) is 0 Å². The van der Waals surface area contributed by atoms with Crippen molar-refractivity contribution in [1.82, 2.24) is 9.96 Å². The molecule has 0 heterocycles. The highest BCUT2D eigenvalue weighted by atomic mass is 28.3. The van der Waals surface area contributed by atoms with Gasteiger partial charge in [-0.3, -0.25) is 0 Å². The summed E-state index contributed by atoms with van der Waals surface area (Å²) >= 11 is 0. The summed E-state index contributed by atoms with van der Waals surface area (Å²) in [4.78, 5) is 8.25. The molecule has 2 nitrogen and oxygen atoms in total. The second-order valence-corrected chi connectivity index (χ2v) is 10.9. The molecule has 2 aliphatic rings. The molecule has 0 radical (unpaired) electrons. The SMILES string of the molecule is C[Si](NC1CCCCC1)(NC1CCCCC1)c1ccccc1. The van der Waals surface area contributed by atoms with E-state index in [-0.39, 0.29) is 0 Å². The van der Waals surface area contributed by atoms with Gasteiger partial charge in [-0.25, -0.2) is 0 Å². The van der Waals surface area contributed by atoms with E-state index in [1.807, 2.05) is 0 Å². The van der Waals surface area contributed by atoms with Gasteiger partial charge in [-0.15, -0.1) is 0 Å². The first-order chi connectivity index (χ1) is 10.8. The van der Waals surface area contributed by atoms with Crippen LogP contribution >= 0.6 is 0 Å². The van der Waals surface area contributed by atoms with E-state index in [1.165, 1.54) is 69.4 Å². The van der Waals surface area contributed by atoms with Crippen LogP contribution < -0.4 is 15.2 Å². The van der Waals surface area contributed by atoms with Crippen LogP contribution in [0.2, 0.25) is 6.55 Å². The first kappa shape index (κ1) is 16.2. The van der Waals surface area contributed by atoms with Gasteiger partial charge in [-0.2, -0.15) is 0 Å². The molecular formula is C19H32N2Si. The van der Waals surface area contributed by atoms with Crippen LogP contribution in [-0.4, -0.2) is 20.5 Å². The summed E-state index contributed by atoms with van der Waals surface area (Å²) in [6.45, 7) is 2.49. The van der Waals surface area contributed by atoms with Crippen molar-refractivity contribution in [3.63, 3.8) is 0 Å². The van der Waals surface area contributed by atoms with Gasteiger partial charge in [-0.1, -0.05) is 68.9 Å². The van der Waals surface area contributed by atoms with Gasteiger partial charge in [0, 0.05) is 12.1 Å². The number of hydrogen-bond acceptors (Lipinski definition) is 2. The van der Waals surface area contributed by atoms with Crippen molar-refractivity contribution >= 4 is 13.6 Å². The van der Waals surface area contributed by atoms with Gasteiger partial charge < -0.3 is 9.96 Å². The van der Waals surface area contributed by atoms with Crippen LogP contribution in [0.4, 0.5) is 0 Å². The number of benzene rings is 1. The van der Waals surface area contributed by atoms with Crippen LogP contribution in [0.5, 0.6) is 0 Å². The van der Waals surface area contributed by atoms with Crippen molar-refractivity contribution < 1.29 is 0 Å². The summed E-state index contributed by atoms with van der Waals surface area (Å²) in [5, 5.41) is 1.52. The zero-order chi connectivity index (χ0) is 15.3. The largest absolute Gasteiger partial charge is 0.319 e. The molecule has 0 amide bonds. The molecule has 22 heavy (non-hydrogen) atoms. The lowest BCUT2D eigenvalue weighted by molar-refractivity contribution is 0.393. The summed E-state index contributed by atoms with van der Waals surface area (Å²) < 4.78 is 0. The Labute approximate surface area is 137 Å². The minimum Gasteiger partial charge on any atom is -0.319 e. The Balaban J connectivity index is 1.74. The molecule has 0 spiro atoms. The first-order valence-corrected chi connectivity index (χ1v) is 11.9. The van der Waals surface area contributed by atoms with E-state index < -0.39 is 8.40 Å². The topological polar surface area (TPSA) is 24.1 Å². The van der Waals surface area contributed by atoms with E-state index in [0.717, 1.165) is 12.1 Å². The molecule has 2 aliphatic carbocycles. The Kier molecular flexibility index (Phi) is 5.72. The van der Waals surface area contributed by atoms with Crippen LogP contribution in [0.25, 0.3) is 0 Å². The van der Waals surface area contributed by atoms with Gasteiger partial charge in [0.2, 0.25) is 8.40 Å². The Bertz CT molecular complexity index is 416. The Morgan fingerprint density at radius 3 is 1.64 bits per heavy atom. The molecule has 0 atom stereocenters. The molecule has 0 saturated heterocycles. The molecule has 1 aromatic rings. The molecule has 3 rings (SSSR count). The lowest BCUT2D eigenvalue weighted by atomic mass is 9.96. The van der Waals surface area contributed by atoms with E-state index in [0.29, 0.717) is 0 Å². The van der Waals surface area contributed by atoms with E-state index in [2.05, 4.69) is 46.8 Å². The summed E-state index contributed by atoms with van der Waals surface area (Å²) in [6, 6.07) is 12.6. The van der Waals surface area contributed by atoms with Crippen molar-refractivity contribution in [2.45, 2.75) is 82.8 Å². The van der Waals surface area contributed by atoms with Gasteiger partial charge in [0.05, 0.1) is 0 Å². The second kappa shape index (κ2) is 7.76. The quantitative estimate of drug-likeness (QED) is 0.807. The van der Waals surface area contributed by atoms with Gasteiger partial charge in [0.25, 0.3) is 0 Å². The molecule has 2 saturated carbocycles. The first-order valence-electron chi connectivity index (χ1n) is 9.37. The molecule has 0 unspecified atom stereocenters. The number of hydrogen-bond donors (Lipinski definition) is 2. The highest BCUT2D eigenvalue weighted by molar-refractivity contribution is 6.86. The summed E-state index contributed by atoms with van der Waals surface area (Å²) in [5.74, 6) is 0. The van der Waals surface area contributed by atoms with Gasteiger partial charge in [0.15, 0.2) is 0 Å². The molecule has 2 N–H and O–H groups in total. The fourth-order valence-corrected chi connectivity index (χ4v) is 7.78. The zero-order valence-corrected chi connectivity index (χ0v) is 15.1. The second-order valence-electron chi connectivity index (χ2n) is 7.45. The normalized spacial score (nSPS) is 21.9. The van der Waals surface area contributed by atoms with E-state index >= 15 is 0 Å². The standard InChI is InChI=1S/C19H32N2Si/c1-22(19-15-9-4-10-16-19,20-17-11-5-2-6-12-17)21-18-13-7-3-8-14-18/h4,9-10,15-18,20-21H,2-3,5-8,11-14H2,1H3.